The second-order valence-electron chi connectivity index (χ2n) is 10.6. The molecular formula is C30H37NO4S. The zero-order chi connectivity index (χ0) is 26.6. The number of thiophene rings is 1. The fourth-order valence-corrected chi connectivity index (χ4v) is 5.38. The first-order valence-corrected chi connectivity index (χ1v) is 13.2. The van der Waals surface area contributed by atoms with Crippen LogP contribution in [0.3, 0.4) is 0 Å². The van der Waals surface area contributed by atoms with Crippen molar-refractivity contribution in [2.45, 2.75) is 66.4 Å². The normalized spacial score (nSPS) is 12.4. The molecule has 0 spiro atoms. The van der Waals surface area contributed by atoms with E-state index in [2.05, 4.69) is 90.2 Å². The quantitative estimate of drug-likeness (QED) is 0.318. The molecule has 192 valence electrons. The van der Waals surface area contributed by atoms with Crippen LogP contribution in [0.15, 0.2) is 48.5 Å². The number of carbonyl (C=O) groups excluding carboxylic acids is 1. The standard InChI is InChI=1S/C30H37NO4S/c1-18(2)28(24-12-13-25(36-24)29(34)31-15-14-26(32)33)35-23-16-19(3)27(20(4)17-23)21-8-10-22(11-9-21)30(5,6)7/h8-13,16-18,28H,14-15H2,1-7H3,(H,31,34)(H,32,33)/t28-/m0/s1. The van der Waals surface area contributed by atoms with E-state index in [1.54, 1.807) is 6.07 Å². The highest BCUT2D eigenvalue weighted by Crippen LogP contribution is 2.37. The second kappa shape index (κ2) is 11.3. The van der Waals surface area contributed by atoms with Crippen LogP contribution in [-0.2, 0) is 10.2 Å². The van der Waals surface area contributed by atoms with Crippen molar-refractivity contribution in [3.8, 4) is 16.9 Å². The van der Waals surface area contributed by atoms with Gasteiger partial charge in [0, 0.05) is 11.4 Å². The second-order valence-corrected chi connectivity index (χ2v) is 11.8. The highest BCUT2D eigenvalue weighted by molar-refractivity contribution is 7.14. The van der Waals surface area contributed by atoms with E-state index < -0.39 is 5.97 Å². The number of carbonyl (C=O) groups is 2. The molecule has 0 radical (unpaired) electrons. The molecule has 0 aliphatic carbocycles. The van der Waals surface area contributed by atoms with Gasteiger partial charge < -0.3 is 15.2 Å². The third-order valence-electron chi connectivity index (χ3n) is 6.17. The Morgan fingerprint density at radius 3 is 2.14 bits per heavy atom. The highest BCUT2D eigenvalue weighted by atomic mass is 32.1. The highest BCUT2D eigenvalue weighted by Gasteiger charge is 2.23. The summed E-state index contributed by atoms with van der Waals surface area (Å²) in [5, 5.41) is 11.4. The van der Waals surface area contributed by atoms with Gasteiger partial charge in [-0.1, -0.05) is 58.9 Å². The molecule has 1 atom stereocenters. The minimum Gasteiger partial charge on any atom is -0.485 e. The van der Waals surface area contributed by atoms with Crippen molar-refractivity contribution in [2.24, 2.45) is 5.92 Å². The summed E-state index contributed by atoms with van der Waals surface area (Å²) in [6.07, 6.45) is -0.303. The fourth-order valence-electron chi connectivity index (χ4n) is 4.25. The number of aryl methyl sites for hydroxylation is 2. The van der Waals surface area contributed by atoms with E-state index in [0.717, 1.165) is 21.8 Å². The van der Waals surface area contributed by atoms with Crippen molar-refractivity contribution in [2.75, 3.05) is 6.54 Å². The Bertz CT molecular complexity index is 1200. The van der Waals surface area contributed by atoms with E-state index >= 15 is 0 Å². The third-order valence-corrected chi connectivity index (χ3v) is 7.32. The van der Waals surface area contributed by atoms with Crippen LogP contribution >= 0.6 is 11.3 Å². The van der Waals surface area contributed by atoms with Gasteiger partial charge in [0.05, 0.1) is 11.3 Å². The van der Waals surface area contributed by atoms with Crippen LogP contribution in [0.2, 0.25) is 0 Å². The first-order valence-electron chi connectivity index (χ1n) is 12.4. The van der Waals surface area contributed by atoms with Gasteiger partial charge in [0.15, 0.2) is 0 Å². The van der Waals surface area contributed by atoms with E-state index in [4.69, 9.17) is 9.84 Å². The van der Waals surface area contributed by atoms with Crippen LogP contribution < -0.4 is 10.1 Å². The van der Waals surface area contributed by atoms with E-state index in [-0.39, 0.29) is 36.3 Å². The van der Waals surface area contributed by atoms with Gasteiger partial charge in [-0.25, -0.2) is 0 Å². The smallest absolute Gasteiger partial charge is 0.305 e. The van der Waals surface area contributed by atoms with E-state index in [1.807, 2.05) is 6.07 Å². The van der Waals surface area contributed by atoms with E-state index in [0.29, 0.717) is 4.88 Å². The van der Waals surface area contributed by atoms with Crippen molar-refractivity contribution in [3.63, 3.8) is 0 Å². The maximum absolute atomic E-state index is 12.4. The van der Waals surface area contributed by atoms with Crippen molar-refractivity contribution in [3.05, 3.63) is 75.0 Å². The van der Waals surface area contributed by atoms with E-state index in [1.165, 1.54) is 28.0 Å². The molecule has 0 aliphatic heterocycles. The van der Waals surface area contributed by atoms with Gasteiger partial charge in [-0.2, -0.15) is 0 Å². The lowest BCUT2D eigenvalue weighted by Crippen LogP contribution is -2.25. The molecule has 0 unspecified atom stereocenters. The van der Waals surface area contributed by atoms with Gasteiger partial charge >= 0.3 is 5.97 Å². The average molecular weight is 508 g/mol. The summed E-state index contributed by atoms with van der Waals surface area (Å²) in [4.78, 5) is 24.6. The SMILES string of the molecule is Cc1cc(O[C@H](c2ccc(C(=O)NCCC(=O)O)s2)C(C)C)cc(C)c1-c1ccc(C(C)(C)C)cc1. The Balaban J connectivity index is 1.80. The summed E-state index contributed by atoms with van der Waals surface area (Å²) < 4.78 is 6.48. The van der Waals surface area contributed by atoms with Gasteiger partial charge in [0.1, 0.15) is 11.9 Å². The van der Waals surface area contributed by atoms with Crippen molar-refractivity contribution in [1.29, 1.82) is 0 Å². The number of amides is 1. The topological polar surface area (TPSA) is 75.6 Å². The Labute approximate surface area is 218 Å². The average Bonchev–Trinajstić information content (AvgIpc) is 3.26. The van der Waals surface area contributed by atoms with Gasteiger partial charge in [0.25, 0.3) is 5.91 Å². The molecule has 5 nitrogen and oxygen atoms in total. The monoisotopic (exact) mass is 507 g/mol. The number of rotatable bonds is 9. The molecule has 1 amide bonds. The Kier molecular flexibility index (Phi) is 8.62. The molecule has 0 fully saturated rings. The maximum atomic E-state index is 12.4. The van der Waals surface area contributed by atoms with E-state index in [9.17, 15) is 9.59 Å². The lowest BCUT2D eigenvalue weighted by Gasteiger charge is -2.23. The molecule has 2 aromatic carbocycles. The Morgan fingerprint density at radius 1 is 1.00 bits per heavy atom. The number of carboxylic acids is 1. The van der Waals surface area contributed by atoms with Crippen LogP contribution in [-0.4, -0.2) is 23.5 Å². The summed E-state index contributed by atoms with van der Waals surface area (Å²) in [7, 11) is 0. The summed E-state index contributed by atoms with van der Waals surface area (Å²) in [5.74, 6) is -0.200. The molecule has 2 N–H and O–H groups in total. The summed E-state index contributed by atoms with van der Waals surface area (Å²) >= 11 is 1.38. The first-order chi connectivity index (χ1) is 16.9. The summed E-state index contributed by atoms with van der Waals surface area (Å²) in [5.41, 5.74) is 6.16. The zero-order valence-electron chi connectivity index (χ0n) is 22.3. The third kappa shape index (κ3) is 6.76. The Morgan fingerprint density at radius 2 is 1.61 bits per heavy atom. The zero-order valence-corrected chi connectivity index (χ0v) is 23.1. The largest absolute Gasteiger partial charge is 0.485 e. The van der Waals surface area contributed by atoms with Crippen molar-refractivity contribution in [1.82, 2.24) is 5.32 Å². The first kappa shape index (κ1) is 27.5. The fraction of sp³-hybridized carbons (Fsp3) is 0.400. The molecule has 36 heavy (non-hydrogen) atoms. The van der Waals surface area contributed by atoms with Crippen LogP contribution in [0.5, 0.6) is 5.75 Å². The van der Waals surface area contributed by atoms with Gasteiger partial charge in [-0.05, 0) is 77.3 Å². The lowest BCUT2D eigenvalue weighted by atomic mass is 9.85. The molecule has 6 heteroatoms. The van der Waals surface area contributed by atoms with Gasteiger partial charge in [-0.3, -0.25) is 9.59 Å². The number of hydrogen-bond donors (Lipinski definition) is 2. The molecule has 1 aromatic heterocycles. The molecule has 3 aromatic rings. The van der Waals surface area contributed by atoms with Crippen LogP contribution in [0.25, 0.3) is 11.1 Å². The predicted octanol–water partition coefficient (Wildman–Crippen LogP) is 7.31. The predicted molar refractivity (Wildman–Crippen MR) is 147 cm³/mol. The lowest BCUT2D eigenvalue weighted by molar-refractivity contribution is -0.136. The number of hydrogen-bond acceptors (Lipinski definition) is 4. The van der Waals surface area contributed by atoms with Gasteiger partial charge in [-0.15, -0.1) is 11.3 Å². The molecule has 0 saturated carbocycles. The minimum atomic E-state index is -0.936. The molecule has 1 heterocycles. The molecule has 0 saturated heterocycles. The number of aliphatic carboxylic acids is 1. The molecule has 0 bridgehead atoms. The number of carboxylic acid groups (broad SMARTS) is 1. The van der Waals surface area contributed by atoms with Crippen LogP contribution in [0, 0.1) is 19.8 Å². The molecule has 0 aliphatic rings. The number of benzene rings is 2. The van der Waals surface area contributed by atoms with Crippen LogP contribution in [0.1, 0.15) is 78.4 Å². The Hall–Kier alpha value is -3.12. The van der Waals surface area contributed by atoms with Gasteiger partial charge in [0.2, 0.25) is 0 Å². The summed E-state index contributed by atoms with van der Waals surface area (Å²) in [6.45, 7) is 15.2. The van der Waals surface area contributed by atoms with Crippen molar-refractivity contribution >= 4 is 23.2 Å². The van der Waals surface area contributed by atoms with Crippen LogP contribution in [0.4, 0.5) is 0 Å². The molecular weight excluding hydrogens is 470 g/mol. The number of nitrogens with one attached hydrogen (secondary N) is 1. The van der Waals surface area contributed by atoms with Crippen molar-refractivity contribution < 1.29 is 19.4 Å². The molecule has 3 rings (SSSR count). The summed E-state index contributed by atoms with van der Waals surface area (Å²) in [6, 6.07) is 16.7. The minimum absolute atomic E-state index is 0.100. The number of ether oxygens (including phenoxy) is 1. The maximum Gasteiger partial charge on any atom is 0.305 e.